The third kappa shape index (κ3) is 3.84. The van der Waals surface area contributed by atoms with Crippen molar-refractivity contribution >= 4 is 17.4 Å². The number of pyridine rings is 1. The molecule has 0 aliphatic carbocycles. The topological polar surface area (TPSA) is 84.7 Å². The van der Waals surface area contributed by atoms with Crippen molar-refractivity contribution in [3.05, 3.63) is 84.1 Å². The number of nitrogens with one attached hydrogen (secondary N) is 1. The van der Waals surface area contributed by atoms with Gasteiger partial charge < -0.3 is 15.0 Å². The summed E-state index contributed by atoms with van der Waals surface area (Å²) in [6.45, 7) is 0.518. The van der Waals surface area contributed by atoms with Gasteiger partial charge in [0.2, 0.25) is 5.88 Å². The minimum absolute atomic E-state index is 0.150. The van der Waals surface area contributed by atoms with Gasteiger partial charge in [0.15, 0.2) is 5.65 Å². The van der Waals surface area contributed by atoms with Crippen molar-refractivity contribution in [3.63, 3.8) is 0 Å². The predicted molar refractivity (Wildman–Crippen MR) is 116 cm³/mol. The van der Waals surface area contributed by atoms with Crippen molar-refractivity contribution in [2.75, 3.05) is 18.6 Å². The molecule has 1 N–H and O–H groups in total. The molecule has 1 amide bonds. The highest BCUT2D eigenvalue weighted by molar-refractivity contribution is 5.92. The molecule has 3 aromatic heterocycles. The van der Waals surface area contributed by atoms with Gasteiger partial charge in [-0.2, -0.15) is 0 Å². The summed E-state index contributed by atoms with van der Waals surface area (Å²) in [5.41, 5.74) is 1.85. The van der Waals surface area contributed by atoms with Crippen LogP contribution in [-0.4, -0.2) is 45.2 Å². The van der Waals surface area contributed by atoms with Crippen LogP contribution in [0.5, 0.6) is 5.88 Å². The number of benzene rings is 1. The van der Waals surface area contributed by atoms with E-state index in [4.69, 9.17) is 4.74 Å². The van der Waals surface area contributed by atoms with Crippen LogP contribution < -0.4 is 15.0 Å². The van der Waals surface area contributed by atoms with Crippen molar-refractivity contribution in [2.45, 2.75) is 18.5 Å². The fraction of sp³-hybridized carbons (Fsp3) is 0.217. The number of aromatic nitrogens is 4. The highest BCUT2D eigenvalue weighted by Gasteiger charge is 2.35. The first-order valence-corrected chi connectivity index (χ1v) is 10.2. The van der Waals surface area contributed by atoms with Gasteiger partial charge >= 0.3 is 0 Å². The van der Waals surface area contributed by atoms with Crippen molar-refractivity contribution < 1.29 is 13.9 Å². The molecule has 0 bridgehead atoms. The van der Waals surface area contributed by atoms with E-state index in [-0.39, 0.29) is 29.5 Å². The van der Waals surface area contributed by atoms with Gasteiger partial charge in [0.05, 0.1) is 13.2 Å². The SMILES string of the molecule is COc1cccc(C(=O)NC2C[C@H](c3cccc(F)c3)N(c3ccc4nccn4n3)C2)n1. The Balaban J connectivity index is 1.43. The second-order valence-corrected chi connectivity index (χ2v) is 7.62. The minimum atomic E-state index is -0.298. The van der Waals surface area contributed by atoms with Gasteiger partial charge in [-0.05, 0) is 42.3 Å². The van der Waals surface area contributed by atoms with Crippen LogP contribution in [0.25, 0.3) is 5.65 Å². The van der Waals surface area contributed by atoms with E-state index in [1.807, 2.05) is 18.2 Å². The Morgan fingerprint density at radius 2 is 2.06 bits per heavy atom. The number of hydrogen-bond acceptors (Lipinski definition) is 6. The Bertz CT molecular complexity index is 1280. The monoisotopic (exact) mass is 432 g/mol. The standard InChI is InChI=1S/C23H21FN6O2/c1-32-22-7-3-6-18(27-22)23(31)26-17-13-19(15-4-2-5-16(24)12-15)29(14-17)21-9-8-20-25-10-11-30(20)28-21/h2-12,17,19H,13-14H2,1H3,(H,26,31)/t17?,19-/m1/s1. The van der Waals surface area contributed by atoms with Gasteiger partial charge in [-0.25, -0.2) is 18.9 Å². The molecule has 162 valence electrons. The molecule has 4 heterocycles. The highest BCUT2D eigenvalue weighted by atomic mass is 19.1. The third-order valence-electron chi connectivity index (χ3n) is 5.57. The number of nitrogens with zero attached hydrogens (tertiary/aromatic N) is 5. The van der Waals surface area contributed by atoms with Crippen LogP contribution in [0.1, 0.15) is 28.5 Å². The Kier molecular flexibility index (Phi) is 5.14. The summed E-state index contributed by atoms with van der Waals surface area (Å²) in [4.78, 5) is 23.3. The van der Waals surface area contributed by atoms with Crippen LogP contribution in [0.4, 0.5) is 10.2 Å². The fourth-order valence-electron chi connectivity index (χ4n) is 4.10. The summed E-state index contributed by atoms with van der Waals surface area (Å²) in [7, 11) is 1.51. The lowest BCUT2D eigenvalue weighted by molar-refractivity contribution is 0.0934. The summed E-state index contributed by atoms with van der Waals surface area (Å²) in [5, 5.41) is 7.71. The van der Waals surface area contributed by atoms with Crippen molar-refractivity contribution in [2.24, 2.45) is 0 Å². The average molecular weight is 432 g/mol. The molecule has 0 spiro atoms. The van der Waals surface area contributed by atoms with Crippen LogP contribution in [0, 0.1) is 5.82 Å². The number of carbonyl (C=O) groups is 1. The number of anilines is 1. The predicted octanol–water partition coefficient (Wildman–Crippen LogP) is 3.02. The lowest BCUT2D eigenvalue weighted by atomic mass is 10.0. The largest absolute Gasteiger partial charge is 0.481 e. The van der Waals surface area contributed by atoms with E-state index >= 15 is 0 Å². The Morgan fingerprint density at radius 1 is 1.19 bits per heavy atom. The van der Waals surface area contributed by atoms with Crippen LogP contribution in [0.3, 0.4) is 0 Å². The minimum Gasteiger partial charge on any atom is -0.481 e. The van der Waals surface area contributed by atoms with Gasteiger partial charge in [0, 0.05) is 31.0 Å². The highest BCUT2D eigenvalue weighted by Crippen LogP contribution is 2.35. The van der Waals surface area contributed by atoms with Gasteiger partial charge in [0.25, 0.3) is 5.91 Å². The first-order chi connectivity index (χ1) is 15.6. The molecule has 1 aromatic carbocycles. The molecule has 9 heteroatoms. The van der Waals surface area contributed by atoms with E-state index in [1.54, 1.807) is 41.2 Å². The molecule has 0 saturated carbocycles. The Hall–Kier alpha value is -4.01. The third-order valence-corrected chi connectivity index (χ3v) is 5.57. The number of fused-ring (bicyclic) bond motifs is 1. The van der Waals surface area contributed by atoms with E-state index in [0.29, 0.717) is 18.8 Å². The molecule has 1 unspecified atom stereocenters. The zero-order valence-electron chi connectivity index (χ0n) is 17.4. The van der Waals surface area contributed by atoms with Crippen molar-refractivity contribution in [3.8, 4) is 5.88 Å². The van der Waals surface area contributed by atoms with E-state index in [1.165, 1.54) is 19.2 Å². The van der Waals surface area contributed by atoms with E-state index in [0.717, 1.165) is 17.0 Å². The molecule has 32 heavy (non-hydrogen) atoms. The smallest absolute Gasteiger partial charge is 0.270 e. The van der Waals surface area contributed by atoms with Gasteiger partial charge in [-0.3, -0.25) is 4.79 Å². The summed E-state index contributed by atoms with van der Waals surface area (Å²) < 4.78 is 20.8. The molecule has 1 fully saturated rings. The molecule has 4 aromatic rings. The molecule has 1 saturated heterocycles. The quantitative estimate of drug-likeness (QED) is 0.522. The molecule has 2 atom stereocenters. The number of amides is 1. The summed E-state index contributed by atoms with van der Waals surface area (Å²) in [6.07, 6.45) is 4.06. The van der Waals surface area contributed by atoms with Gasteiger partial charge in [-0.15, -0.1) is 5.10 Å². The number of ether oxygens (including phenoxy) is 1. The molecule has 8 nitrogen and oxygen atoms in total. The zero-order chi connectivity index (χ0) is 22.1. The lowest BCUT2D eigenvalue weighted by Crippen LogP contribution is -2.37. The molecule has 5 rings (SSSR count). The van der Waals surface area contributed by atoms with E-state index < -0.39 is 0 Å². The second kappa shape index (κ2) is 8.26. The van der Waals surface area contributed by atoms with E-state index in [9.17, 15) is 9.18 Å². The van der Waals surface area contributed by atoms with Crippen molar-refractivity contribution in [1.29, 1.82) is 0 Å². The van der Waals surface area contributed by atoms with Gasteiger partial charge in [-0.1, -0.05) is 18.2 Å². The maximum atomic E-state index is 14.0. The number of methoxy groups -OCH3 is 1. The normalized spacial score (nSPS) is 18.1. The van der Waals surface area contributed by atoms with Gasteiger partial charge in [0.1, 0.15) is 17.3 Å². The molecular weight excluding hydrogens is 411 g/mol. The first kappa shape index (κ1) is 19.9. The summed E-state index contributed by atoms with van der Waals surface area (Å²) >= 11 is 0. The Labute approximate surface area is 183 Å². The number of halogens is 1. The number of hydrogen-bond donors (Lipinski definition) is 1. The molecule has 1 aliphatic rings. The van der Waals surface area contributed by atoms with Crippen LogP contribution in [-0.2, 0) is 0 Å². The summed E-state index contributed by atoms with van der Waals surface area (Å²) in [5.74, 6) is 0.516. The maximum absolute atomic E-state index is 14.0. The first-order valence-electron chi connectivity index (χ1n) is 10.2. The molecule has 0 radical (unpaired) electrons. The van der Waals surface area contributed by atoms with Crippen LogP contribution >= 0.6 is 0 Å². The summed E-state index contributed by atoms with van der Waals surface area (Å²) in [6, 6.07) is 15.0. The fourth-order valence-corrected chi connectivity index (χ4v) is 4.10. The number of carbonyl (C=O) groups excluding carboxylic acids is 1. The Morgan fingerprint density at radius 3 is 2.91 bits per heavy atom. The average Bonchev–Trinajstić information content (AvgIpc) is 3.45. The second-order valence-electron chi connectivity index (χ2n) is 7.62. The molecule has 1 aliphatic heterocycles. The van der Waals surface area contributed by atoms with Crippen molar-refractivity contribution in [1.82, 2.24) is 24.9 Å². The van der Waals surface area contributed by atoms with E-state index in [2.05, 4.69) is 25.3 Å². The van der Waals surface area contributed by atoms with Crippen LogP contribution in [0.2, 0.25) is 0 Å². The number of rotatable bonds is 5. The maximum Gasteiger partial charge on any atom is 0.270 e. The lowest BCUT2D eigenvalue weighted by Gasteiger charge is -2.25. The number of imidazole rings is 1. The zero-order valence-corrected chi connectivity index (χ0v) is 17.4. The van der Waals surface area contributed by atoms with Crippen LogP contribution in [0.15, 0.2) is 67.0 Å². The molecular formula is C23H21FN6O2.